The Labute approximate surface area is 201 Å². The van der Waals surface area contributed by atoms with Crippen molar-refractivity contribution in [1.82, 2.24) is 15.5 Å². The number of rotatable bonds is 5. The molecule has 2 amide bonds. The van der Waals surface area contributed by atoms with Crippen molar-refractivity contribution in [2.24, 2.45) is 0 Å². The molecule has 0 spiro atoms. The summed E-state index contributed by atoms with van der Waals surface area (Å²) < 4.78 is 25.2. The van der Waals surface area contributed by atoms with E-state index in [-0.39, 0.29) is 11.9 Å². The van der Waals surface area contributed by atoms with Crippen LogP contribution in [0, 0.1) is 12.7 Å². The fourth-order valence-corrected chi connectivity index (χ4v) is 4.25. The van der Waals surface area contributed by atoms with Gasteiger partial charge in [0.2, 0.25) is 5.82 Å². The molecule has 176 valence electrons. The molecule has 2 heterocycles. The number of urea groups is 1. The third kappa shape index (κ3) is 4.26. The summed E-state index contributed by atoms with van der Waals surface area (Å²) in [5.74, 6) is 0.861. The highest BCUT2D eigenvalue weighted by Crippen LogP contribution is 2.39. The lowest BCUT2D eigenvalue weighted by atomic mass is 9.94. The number of anilines is 1. The van der Waals surface area contributed by atoms with Gasteiger partial charge in [-0.05, 0) is 49.7 Å². The summed E-state index contributed by atoms with van der Waals surface area (Å²) in [6.45, 7) is 3.79. The summed E-state index contributed by atoms with van der Waals surface area (Å²) in [7, 11) is 1.56. The van der Waals surface area contributed by atoms with E-state index in [1.807, 2.05) is 31.2 Å². The average molecular weight is 471 g/mol. The Kier molecular flexibility index (Phi) is 5.78. The second-order valence-corrected chi connectivity index (χ2v) is 8.27. The van der Waals surface area contributed by atoms with E-state index in [2.05, 4.69) is 15.5 Å². The van der Waals surface area contributed by atoms with Crippen LogP contribution >= 0.6 is 0 Å². The Hall–Kier alpha value is -4.46. The highest BCUT2D eigenvalue weighted by atomic mass is 19.1. The number of amides is 2. The lowest BCUT2D eigenvalue weighted by Gasteiger charge is -2.35. The second kappa shape index (κ2) is 9.06. The van der Waals surface area contributed by atoms with Gasteiger partial charge in [0.1, 0.15) is 11.6 Å². The Morgan fingerprint density at radius 1 is 1.03 bits per heavy atom. The van der Waals surface area contributed by atoms with Crippen LogP contribution in [-0.2, 0) is 0 Å². The van der Waals surface area contributed by atoms with Crippen LogP contribution in [0.4, 0.5) is 14.9 Å². The van der Waals surface area contributed by atoms with Gasteiger partial charge >= 0.3 is 6.03 Å². The van der Waals surface area contributed by atoms with Crippen molar-refractivity contribution in [3.05, 3.63) is 101 Å². The molecule has 0 radical (unpaired) electrons. The number of hydrogen-bond acceptors (Lipinski definition) is 5. The van der Waals surface area contributed by atoms with Gasteiger partial charge in [-0.2, -0.15) is 4.98 Å². The van der Waals surface area contributed by atoms with Crippen LogP contribution in [0.1, 0.15) is 30.0 Å². The number of carbonyl (C=O) groups is 1. The van der Waals surface area contributed by atoms with Gasteiger partial charge < -0.3 is 14.6 Å². The summed E-state index contributed by atoms with van der Waals surface area (Å²) in [5, 5.41) is 7.16. The zero-order valence-corrected chi connectivity index (χ0v) is 19.4. The number of aromatic nitrogens is 2. The lowest BCUT2D eigenvalue weighted by Crippen LogP contribution is -2.46. The molecule has 0 saturated heterocycles. The first-order valence-electron chi connectivity index (χ1n) is 11.1. The van der Waals surface area contributed by atoms with E-state index in [4.69, 9.17) is 9.26 Å². The number of methoxy groups -OCH3 is 1. The standard InChI is InChI=1S/C27H23FN4O3/c1-16-7-4-9-19(13-16)25-30-26(35-31-25)23-17(2)32(21-11-6-12-22(15-21)34-3)27(33)29-24(23)18-8-5-10-20(28)14-18/h4-15,24H,1-3H3,(H,29,33). The molecule has 5 rings (SSSR count). The minimum atomic E-state index is -0.689. The highest BCUT2D eigenvalue weighted by Gasteiger charge is 2.36. The van der Waals surface area contributed by atoms with Gasteiger partial charge in [0.25, 0.3) is 5.89 Å². The summed E-state index contributed by atoms with van der Waals surface area (Å²) in [6, 6.07) is 20.0. The molecule has 0 saturated carbocycles. The molecule has 1 atom stereocenters. The second-order valence-electron chi connectivity index (χ2n) is 8.27. The Balaban J connectivity index is 1.67. The van der Waals surface area contributed by atoms with Crippen LogP contribution in [0.3, 0.4) is 0 Å². The van der Waals surface area contributed by atoms with Crippen molar-refractivity contribution in [3.8, 4) is 17.1 Å². The van der Waals surface area contributed by atoms with E-state index in [1.54, 1.807) is 50.4 Å². The Morgan fingerprint density at radius 3 is 2.60 bits per heavy atom. The third-order valence-electron chi connectivity index (χ3n) is 5.91. The van der Waals surface area contributed by atoms with Crippen molar-refractivity contribution in [1.29, 1.82) is 0 Å². The third-order valence-corrected chi connectivity index (χ3v) is 5.91. The maximum atomic E-state index is 14.1. The number of nitrogens with zero attached hydrogens (tertiary/aromatic N) is 3. The lowest BCUT2D eigenvalue weighted by molar-refractivity contribution is 0.244. The van der Waals surface area contributed by atoms with Crippen molar-refractivity contribution < 1.29 is 18.4 Å². The van der Waals surface area contributed by atoms with Crippen LogP contribution in [-0.4, -0.2) is 23.3 Å². The molecule has 0 fully saturated rings. The smallest absolute Gasteiger partial charge is 0.327 e. The van der Waals surface area contributed by atoms with Gasteiger partial charge in [0.05, 0.1) is 24.4 Å². The summed E-state index contributed by atoms with van der Waals surface area (Å²) in [4.78, 5) is 19.5. The van der Waals surface area contributed by atoms with Crippen LogP contribution < -0.4 is 15.0 Å². The topological polar surface area (TPSA) is 80.5 Å². The van der Waals surface area contributed by atoms with Gasteiger partial charge in [-0.15, -0.1) is 0 Å². The number of hydrogen-bond donors (Lipinski definition) is 1. The van der Waals surface area contributed by atoms with Crippen molar-refractivity contribution in [2.75, 3.05) is 12.0 Å². The fraction of sp³-hybridized carbons (Fsp3) is 0.148. The molecule has 35 heavy (non-hydrogen) atoms. The minimum absolute atomic E-state index is 0.237. The summed E-state index contributed by atoms with van der Waals surface area (Å²) in [6.07, 6.45) is 0. The number of benzene rings is 3. The van der Waals surface area contributed by atoms with Crippen LogP contribution in [0.25, 0.3) is 17.0 Å². The predicted octanol–water partition coefficient (Wildman–Crippen LogP) is 5.89. The molecule has 1 aliphatic rings. The molecular formula is C27H23FN4O3. The van der Waals surface area contributed by atoms with Crippen LogP contribution in [0.15, 0.2) is 83.0 Å². The van der Waals surface area contributed by atoms with Crippen molar-refractivity contribution >= 4 is 17.3 Å². The number of nitrogens with one attached hydrogen (secondary N) is 1. The molecule has 1 N–H and O–H groups in total. The fourth-order valence-electron chi connectivity index (χ4n) is 4.25. The molecule has 1 aromatic heterocycles. The molecule has 3 aromatic carbocycles. The average Bonchev–Trinajstić information content (AvgIpc) is 3.34. The number of ether oxygens (including phenoxy) is 1. The largest absolute Gasteiger partial charge is 0.497 e. The Morgan fingerprint density at radius 2 is 1.83 bits per heavy atom. The van der Waals surface area contributed by atoms with E-state index >= 15 is 0 Å². The highest BCUT2D eigenvalue weighted by molar-refractivity contribution is 6.01. The molecule has 7 nitrogen and oxygen atoms in total. The molecule has 1 unspecified atom stereocenters. The van der Waals surface area contributed by atoms with Gasteiger partial charge in [0.15, 0.2) is 0 Å². The minimum Gasteiger partial charge on any atom is -0.497 e. The van der Waals surface area contributed by atoms with Crippen LogP contribution in [0.5, 0.6) is 5.75 Å². The molecular weight excluding hydrogens is 447 g/mol. The number of aryl methyl sites for hydroxylation is 1. The van der Waals surface area contributed by atoms with E-state index in [9.17, 15) is 9.18 Å². The summed E-state index contributed by atoms with van der Waals surface area (Å²) in [5.41, 5.74) is 4.20. The van der Waals surface area contributed by atoms with Crippen molar-refractivity contribution in [3.63, 3.8) is 0 Å². The molecule has 4 aromatic rings. The normalized spacial score (nSPS) is 15.8. The van der Waals surface area contributed by atoms with E-state index in [0.29, 0.717) is 34.1 Å². The van der Waals surface area contributed by atoms with Gasteiger partial charge in [0, 0.05) is 17.3 Å². The SMILES string of the molecule is COc1cccc(N2C(=O)NC(c3cccc(F)c3)C(c3nc(-c4cccc(C)c4)no3)=C2C)c1. The quantitative estimate of drug-likeness (QED) is 0.393. The maximum absolute atomic E-state index is 14.1. The maximum Gasteiger partial charge on any atom is 0.327 e. The number of allylic oxidation sites excluding steroid dienone is 1. The number of carbonyl (C=O) groups excluding carboxylic acids is 1. The van der Waals surface area contributed by atoms with E-state index < -0.39 is 11.9 Å². The first-order chi connectivity index (χ1) is 16.9. The monoisotopic (exact) mass is 470 g/mol. The zero-order valence-electron chi connectivity index (χ0n) is 19.4. The van der Waals surface area contributed by atoms with Crippen molar-refractivity contribution in [2.45, 2.75) is 19.9 Å². The molecule has 1 aliphatic heterocycles. The van der Waals surface area contributed by atoms with E-state index in [1.165, 1.54) is 17.0 Å². The Bertz CT molecular complexity index is 1450. The van der Waals surface area contributed by atoms with Crippen LogP contribution in [0.2, 0.25) is 0 Å². The number of halogens is 1. The first kappa shape index (κ1) is 22.3. The van der Waals surface area contributed by atoms with Gasteiger partial charge in [-0.1, -0.05) is 47.1 Å². The zero-order chi connectivity index (χ0) is 24.5. The molecule has 0 aliphatic carbocycles. The molecule has 8 heteroatoms. The predicted molar refractivity (Wildman–Crippen MR) is 130 cm³/mol. The molecule has 0 bridgehead atoms. The summed E-state index contributed by atoms with van der Waals surface area (Å²) >= 11 is 0. The van der Waals surface area contributed by atoms with Gasteiger partial charge in [-0.3, -0.25) is 4.90 Å². The van der Waals surface area contributed by atoms with Gasteiger partial charge in [-0.25, -0.2) is 9.18 Å². The van der Waals surface area contributed by atoms with E-state index in [0.717, 1.165) is 11.1 Å². The first-order valence-corrected chi connectivity index (χ1v) is 11.1.